The van der Waals surface area contributed by atoms with Crippen molar-refractivity contribution in [1.29, 1.82) is 0 Å². The second-order valence-electron chi connectivity index (χ2n) is 7.42. The molecule has 1 unspecified atom stereocenters. The van der Waals surface area contributed by atoms with Crippen LogP contribution in [0.5, 0.6) is 5.75 Å². The van der Waals surface area contributed by atoms with Crippen molar-refractivity contribution >= 4 is 23.6 Å². The predicted molar refractivity (Wildman–Crippen MR) is 106 cm³/mol. The normalized spacial score (nSPS) is 16.1. The van der Waals surface area contributed by atoms with Crippen molar-refractivity contribution in [3.8, 4) is 5.75 Å². The van der Waals surface area contributed by atoms with Gasteiger partial charge in [-0.05, 0) is 55.7 Å². The molecule has 7 heteroatoms. The van der Waals surface area contributed by atoms with E-state index in [4.69, 9.17) is 21.4 Å². The van der Waals surface area contributed by atoms with Crippen LogP contribution in [0.4, 0.5) is 4.79 Å². The number of hydrogen-bond donors (Lipinski definition) is 1. The standard InChI is InChI=1S/C20H29ClN2O4/c1-14(15-8-10-23(11-9-15)20(25)26)5-4-12-27-18-7-6-16(13-17(18)21)19(24)22(2)3/h6-7,13-15H,4-5,8-12H2,1-3H3,(H,25,26). The van der Waals surface area contributed by atoms with Crippen molar-refractivity contribution in [3.63, 3.8) is 0 Å². The maximum atomic E-state index is 11.9. The molecule has 1 aliphatic heterocycles. The second kappa shape index (κ2) is 9.83. The van der Waals surface area contributed by atoms with Crippen LogP contribution < -0.4 is 4.74 Å². The van der Waals surface area contributed by atoms with Crippen LogP contribution in [0.25, 0.3) is 0 Å². The van der Waals surface area contributed by atoms with Gasteiger partial charge in [0.05, 0.1) is 11.6 Å². The zero-order chi connectivity index (χ0) is 20.0. The molecular weight excluding hydrogens is 368 g/mol. The van der Waals surface area contributed by atoms with Gasteiger partial charge >= 0.3 is 6.09 Å². The molecule has 2 amide bonds. The van der Waals surface area contributed by atoms with Gasteiger partial charge in [0.15, 0.2) is 0 Å². The van der Waals surface area contributed by atoms with E-state index in [1.54, 1.807) is 32.3 Å². The third kappa shape index (κ3) is 6.03. The van der Waals surface area contributed by atoms with Crippen LogP contribution in [0.3, 0.4) is 0 Å². The number of nitrogens with zero attached hydrogens (tertiary/aromatic N) is 2. The van der Waals surface area contributed by atoms with Crippen LogP contribution in [-0.2, 0) is 0 Å². The van der Waals surface area contributed by atoms with Crippen molar-refractivity contribution < 1.29 is 19.4 Å². The van der Waals surface area contributed by atoms with Gasteiger partial charge in [-0.2, -0.15) is 0 Å². The molecule has 1 atom stereocenters. The smallest absolute Gasteiger partial charge is 0.407 e. The van der Waals surface area contributed by atoms with Crippen molar-refractivity contribution in [2.45, 2.75) is 32.6 Å². The van der Waals surface area contributed by atoms with Crippen LogP contribution in [0.2, 0.25) is 5.02 Å². The highest BCUT2D eigenvalue weighted by molar-refractivity contribution is 6.32. The summed E-state index contributed by atoms with van der Waals surface area (Å²) in [5.41, 5.74) is 0.540. The molecule has 1 saturated heterocycles. The van der Waals surface area contributed by atoms with E-state index in [2.05, 4.69) is 6.92 Å². The highest BCUT2D eigenvalue weighted by Crippen LogP contribution is 2.29. The van der Waals surface area contributed by atoms with Crippen molar-refractivity contribution in [2.24, 2.45) is 11.8 Å². The molecule has 0 aliphatic carbocycles. The zero-order valence-corrected chi connectivity index (χ0v) is 17.0. The van der Waals surface area contributed by atoms with E-state index in [0.29, 0.717) is 47.9 Å². The first kappa shape index (κ1) is 21.4. The maximum absolute atomic E-state index is 11.9. The lowest BCUT2D eigenvalue weighted by Gasteiger charge is -2.33. The molecule has 0 saturated carbocycles. The first-order valence-corrected chi connectivity index (χ1v) is 9.79. The number of rotatable bonds is 7. The van der Waals surface area contributed by atoms with Gasteiger partial charge in [0.25, 0.3) is 5.91 Å². The van der Waals surface area contributed by atoms with Crippen molar-refractivity contribution in [1.82, 2.24) is 9.80 Å². The number of carboxylic acid groups (broad SMARTS) is 1. The lowest BCUT2D eigenvalue weighted by Crippen LogP contribution is -2.38. The lowest BCUT2D eigenvalue weighted by atomic mass is 9.83. The summed E-state index contributed by atoms with van der Waals surface area (Å²) in [6.45, 7) is 4.07. The van der Waals surface area contributed by atoms with E-state index < -0.39 is 6.09 Å². The first-order chi connectivity index (χ1) is 12.8. The third-order valence-corrected chi connectivity index (χ3v) is 5.56. The van der Waals surface area contributed by atoms with Crippen LogP contribution in [0.15, 0.2) is 18.2 Å². The summed E-state index contributed by atoms with van der Waals surface area (Å²) in [6.07, 6.45) is 3.00. The maximum Gasteiger partial charge on any atom is 0.407 e. The van der Waals surface area contributed by atoms with E-state index in [1.165, 1.54) is 9.80 Å². The second-order valence-corrected chi connectivity index (χ2v) is 7.83. The number of piperidine rings is 1. The van der Waals surface area contributed by atoms with Crippen LogP contribution in [0, 0.1) is 11.8 Å². The number of amides is 2. The van der Waals surface area contributed by atoms with E-state index in [1.807, 2.05) is 0 Å². The van der Waals surface area contributed by atoms with Gasteiger partial charge < -0.3 is 19.6 Å². The Labute approximate surface area is 166 Å². The fourth-order valence-electron chi connectivity index (χ4n) is 3.49. The van der Waals surface area contributed by atoms with E-state index in [0.717, 1.165) is 25.7 Å². The fourth-order valence-corrected chi connectivity index (χ4v) is 3.73. The summed E-state index contributed by atoms with van der Waals surface area (Å²) < 4.78 is 5.78. The van der Waals surface area contributed by atoms with Crippen LogP contribution in [0.1, 0.15) is 43.0 Å². The summed E-state index contributed by atoms with van der Waals surface area (Å²) in [4.78, 5) is 25.9. The Hall–Kier alpha value is -1.95. The molecule has 1 fully saturated rings. The molecule has 1 aromatic rings. The minimum absolute atomic E-state index is 0.0915. The van der Waals surface area contributed by atoms with Gasteiger partial charge in [0, 0.05) is 32.7 Å². The van der Waals surface area contributed by atoms with Gasteiger partial charge in [0.2, 0.25) is 0 Å². The van der Waals surface area contributed by atoms with Gasteiger partial charge in [-0.1, -0.05) is 18.5 Å². The Bertz CT molecular complexity index is 657. The number of carbonyl (C=O) groups excluding carboxylic acids is 1. The summed E-state index contributed by atoms with van der Waals surface area (Å²) >= 11 is 6.23. The largest absolute Gasteiger partial charge is 0.492 e. The number of carbonyl (C=O) groups is 2. The molecule has 27 heavy (non-hydrogen) atoms. The minimum Gasteiger partial charge on any atom is -0.492 e. The molecular formula is C20H29ClN2O4. The first-order valence-electron chi connectivity index (χ1n) is 9.41. The molecule has 1 aliphatic rings. The van der Waals surface area contributed by atoms with Gasteiger partial charge in [-0.15, -0.1) is 0 Å². The Balaban J connectivity index is 1.73. The monoisotopic (exact) mass is 396 g/mol. The number of halogens is 1. The van der Waals surface area contributed by atoms with E-state index in [-0.39, 0.29) is 5.91 Å². The Morgan fingerprint density at radius 1 is 1.33 bits per heavy atom. The van der Waals surface area contributed by atoms with E-state index in [9.17, 15) is 9.59 Å². The van der Waals surface area contributed by atoms with Crippen molar-refractivity contribution in [3.05, 3.63) is 28.8 Å². The molecule has 6 nitrogen and oxygen atoms in total. The predicted octanol–water partition coefficient (Wildman–Crippen LogP) is 4.23. The topological polar surface area (TPSA) is 70.1 Å². The highest BCUT2D eigenvalue weighted by atomic mass is 35.5. The van der Waals surface area contributed by atoms with Crippen LogP contribution in [-0.4, -0.2) is 60.7 Å². The molecule has 1 aromatic carbocycles. The molecule has 1 heterocycles. The molecule has 0 spiro atoms. The molecule has 2 rings (SSSR count). The molecule has 0 bridgehead atoms. The average Bonchev–Trinajstić information content (AvgIpc) is 2.65. The number of hydrogen-bond acceptors (Lipinski definition) is 3. The Morgan fingerprint density at radius 2 is 2.00 bits per heavy atom. The SMILES string of the molecule is CC(CCCOc1ccc(C(=O)N(C)C)cc1Cl)C1CCN(C(=O)O)CC1. The third-order valence-electron chi connectivity index (χ3n) is 5.26. The molecule has 150 valence electrons. The summed E-state index contributed by atoms with van der Waals surface area (Å²) in [6, 6.07) is 5.10. The highest BCUT2D eigenvalue weighted by Gasteiger charge is 2.25. The van der Waals surface area contributed by atoms with Gasteiger partial charge in [-0.3, -0.25) is 4.79 Å². The number of likely N-dealkylation sites (tertiary alicyclic amines) is 1. The van der Waals surface area contributed by atoms with Crippen molar-refractivity contribution in [2.75, 3.05) is 33.8 Å². The number of benzene rings is 1. The fraction of sp³-hybridized carbons (Fsp3) is 0.600. The molecule has 0 aromatic heterocycles. The Morgan fingerprint density at radius 3 is 2.56 bits per heavy atom. The average molecular weight is 397 g/mol. The number of ether oxygens (including phenoxy) is 1. The molecule has 1 N–H and O–H groups in total. The lowest BCUT2D eigenvalue weighted by molar-refractivity contribution is 0.0827. The van der Waals surface area contributed by atoms with E-state index >= 15 is 0 Å². The minimum atomic E-state index is -0.815. The quantitative estimate of drug-likeness (QED) is 0.700. The zero-order valence-electron chi connectivity index (χ0n) is 16.3. The summed E-state index contributed by atoms with van der Waals surface area (Å²) in [5.74, 6) is 1.61. The molecule has 0 radical (unpaired) electrons. The Kier molecular flexibility index (Phi) is 7.78. The summed E-state index contributed by atoms with van der Waals surface area (Å²) in [7, 11) is 3.40. The van der Waals surface area contributed by atoms with Gasteiger partial charge in [0.1, 0.15) is 5.75 Å². The summed E-state index contributed by atoms with van der Waals surface area (Å²) in [5, 5.41) is 9.46. The van der Waals surface area contributed by atoms with Crippen LogP contribution >= 0.6 is 11.6 Å². The van der Waals surface area contributed by atoms with Gasteiger partial charge in [-0.25, -0.2) is 4.79 Å².